The van der Waals surface area contributed by atoms with Gasteiger partial charge in [0, 0.05) is 39.6 Å². The van der Waals surface area contributed by atoms with Gasteiger partial charge in [0.2, 0.25) is 0 Å². The van der Waals surface area contributed by atoms with Gasteiger partial charge < -0.3 is 0 Å². The number of benzene rings is 5. The predicted molar refractivity (Wildman–Crippen MR) is 497 cm³/mol. The molecule has 5 aromatic carbocycles. The summed E-state index contributed by atoms with van der Waals surface area (Å²) >= 11 is 0. The van der Waals surface area contributed by atoms with Crippen LogP contribution in [-0.4, -0.2) is 17.0 Å². The van der Waals surface area contributed by atoms with Crippen molar-refractivity contribution >= 4 is 0 Å². The maximum absolute atomic E-state index is 17.1. The zero-order valence-electron chi connectivity index (χ0n) is 75.5. The van der Waals surface area contributed by atoms with Gasteiger partial charge in [0.05, 0.1) is 0 Å². The van der Waals surface area contributed by atoms with E-state index in [-0.39, 0.29) is 45.2 Å². The average molecular weight is 1600 g/mol. The van der Waals surface area contributed by atoms with Crippen molar-refractivity contribution in [2.75, 3.05) is 0 Å². The third kappa shape index (κ3) is 19.3. The van der Waals surface area contributed by atoms with Crippen molar-refractivity contribution in [1.82, 2.24) is 0 Å². The summed E-state index contributed by atoms with van der Waals surface area (Å²) in [5.41, 5.74) is 10.3. The van der Waals surface area contributed by atoms with Crippen molar-refractivity contribution < 1.29 is 17.6 Å². The van der Waals surface area contributed by atoms with E-state index >= 15 is 17.6 Å². The molecule has 0 heterocycles. The van der Waals surface area contributed by atoms with Crippen molar-refractivity contribution in [2.24, 2.45) is 37.9 Å². The molecule has 0 nitrogen and oxygen atoms in total. The van der Waals surface area contributed by atoms with Crippen molar-refractivity contribution in [2.45, 2.75) is 417 Å². The fraction of sp³-hybridized carbons (Fsp3) is 0.632. The Morgan fingerprint density at radius 1 is 0.280 bits per heavy atom. The van der Waals surface area contributed by atoms with Gasteiger partial charge in [0.25, 0.3) is 0 Å². The molecule has 0 aromatic heterocycles. The van der Waals surface area contributed by atoms with Gasteiger partial charge in [0.15, 0.2) is 0 Å². The molecule has 6 unspecified atom stereocenters. The summed E-state index contributed by atoms with van der Waals surface area (Å²) in [7, 11) is 0. The Bertz CT molecular complexity index is 4050. The molecule has 642 valence electrons. The van der Waals surface area contributed by atoms with E-state index in [0.29, 0.717) is 21.7 Å². The number of hydrogen-bond acceptors (Lipinski definition) is 0. The third-order valence-electron chi connectivity index (χ3n) is 34.7. The molecule has 20 rings (SSSR count). The highest BCUT2D eigenvalue weighted by atomic mass is 19.2. The second kappa shape index (κ2) is 40.3. The van der Waals surface area contributed by atoms with Crippen LogP contribution in [0.4, 0.5) is 17.6 Å². The zero-order chi connectivity index (χ0) is 82.9. The fourth-order valence-electron chi connectivity index (χ4n) is 26.2. The van der Waals surface area contributed by atoms with Gasteiger partial charge >= 0.3 is 0 Å². The molecule has 8 bridgehead atoms. The number of hydrogen-bond donors (Lipinski definition) is 0. The summed E-state index contributed by atoms with van der Waals surface area (Å²) in [5.74, 6) is -0.479. The van der Waals surface area contributed by atoms with Crippen LogP contribution in [0.15, 0.2) is 188 Å². The lowest BCUT2D eigenvalue weighted by Crippen LogP contribution is -2.55. The predicted octanol–water partition coefficient (Wildman–Crippen LogP) is 34.8. The summed E-state index contributed by atoms with van der Waals surface area (Å²) < 4.78 is 66.3. The molecule has 4 heteroatoms. The first-order valence-electron chi connectivity index (χ1n) is 49.6. The van der Waals surface area contributed by atoms with E-state index in [1.165, 1.54) is 253 Å². The van der Waals surface area contributed by atoms with Crippen LogP contribution in [0.5, 0.6) is 0 Å². The van der Waals surface area contributed by atoms with E-state index in [4.69, 9.17) is 0 Å². The fourth-order valence-corrected chi connectivity index (χ4v) is 26.2. The molecule has 0 spiro atoms. The van der Waals surface area contributed by atoms with Crippen LogP contribution >= 0.6 is 0 Å². The summed E-state index contributed by atoms with van der Waals surface area (Å²) in [6.45, 7) is 18.2. The largest absolute Gasteiger partial charge is 0.238 e. The first kappa shape index (κ1) is 90.0. The Balaban J connectivity index is 0.000000136. The van der Waals surface area contributed by atoms with Crippen LogP contribution in [0.3, 0.4) is 0 Å². The lowest BCUT2D eigenvalue weighted by atomic mass is 9.46. The van der Waals surface area contributed by atoms with Gasteiger partial charge in [0.1, 0.15) is 22.8 Å². The maximum atomic E-state index is 17.1. The second-order valence-corrected chi connectivity index (χ2v) is 41.2. The number of rotatable bonds is 34. The van der Waals surface area contributed by atoms with E-state index in [0.717, 1.165) is 123 Å². The molecule has 0 saturated heterocycles. The Morgan fingerprint density at radius 2 is 0.593 bits per heavy atom. The van der Waals surface area contributed by atoms with Gasteiger partial charge in [-0.15, -0.1) is 0 Å². The van der Waals surface area contributed by atoms with Crippen LogP contribution in [0.25, 0.3) is 11.1 Å². The molecule has 5 aromatic rings. The summed E-state index contributed by atoms with van der Waals surface area (Å²) in [6.07, 6.45) is 85.4. The Hall–Kier alpha value is -5.74. The highest BCUT2D eigenvalue weighted by Gasteiger charge is 2.64. The SMILES string of the molecule is CCCCCc1ccc(-c2ccccc2C23CCC(CCCC)(CC2)CC3)c(F)c1.CCCCCc1ccc(C2C=CC=CC2(F)C23CCC(CC)(CC2)CC3)cc1.CCCCCc1ccc(C2C=CC=CC2(F)C23CCC(CCC)(CC2)CC3)cc1.CCCCCc1ccc(C2C=CC=CC2(F)C23CCC(CCCCC)(CC2)CC3)cc1. The van der Waals surface area contributed by atoms with Crippen molar-refractivity contribution in [1.29, 1.82) is 0 Å². The Labute approximate surface area is 717 Å². The zero-order valence-corrected chi connectivity index (χ0v) is 75.5. The van der Waals surface area contributed by atoms with Crippen LogP contribution in [0.2, 0.25) is 0 Å². The number of unbranched alkanes of at least 4 members (excludes halogenated alkanes) is 11. The van der Waals surface area contributed by atoms with Gasteiger partial charge in [-0.1, -0.05) is 316 Å². The van der Waals surface area contributed by atoms with E-state index in [1.54, 1.807) is 6.07 Å². The molecule has 12 fully saturated rings. The third-order valence-corrected chi connectivity index (χ3v) is 34.7. The molecule has 0 radical (unpaired) electrons. The van der Waals surface area contributed by atoms with E-state index in [1.807, 2.05) is 42.5 Å². The highest BCUT2D eigenvalue weighted by Crippen LogP contribution is 2.70. The molecular weight excluding hydrogens is 1450 g/mol. The van der Waals surface area contributed by atoms with E-state index in [2.05, 4.69) is 195 Å². The summed E-state index contributed by atoms with van der Waals surface area (Å²) in [5, 5.41) is 0. The first-order chi connectivity index (χ1) is 57.3. The number of halogens is 4. The molecule has 6 atom stereocenters. The van der Waals surface area contributed by atoms with Crippen LogP contribution in [0.1, 0.15) is 413 Å². The molecule has 0 N–H and O–H groups in total. The number of aryl methyl sites for hydroxylation is 4. The van der Waals surface area contributed by atoms with Crippen LogP contribution in [-0.2, 0) is 31.1 Å². The first-order valence-corrected chi connectivity index (χ1v) is 49.6. The Morgan fingerprint density at radius 3 is 0.941 bits per heavy atom. The lowest BCUT2D eigenvalue weighted by Gasteiger charge is -2.59. The van der Waals surface area contributed by atoms with E-state index in [9.17, 15) is 0 Å². The minimum Gasteiger partial charge on any atom is -0.238 e. The highest BCUT2D eigenvalue weighted by molar-refractivity contribution is 5.70. The molecule has 15 aliphatic rings. The normalized spacial score (nSPS) is 33.1. The number of fused-ring (bicyclic) bond motifs is 12. The number of alkyl halides is 3. The van der Waals surface area contributed by atoms with Crippen LogP contribution < -0.4 is 0 Å². The van der Waals surface area contributed by atoms with Crippen molar-refractivity contribution in [3.63, 3.8) is 0 Å². The summed E-state index contributed by atoms with van der Waals surface area (Å²) in [6, 6.07) is 41.4. The minimum atomic E-state index is -1.25. The monoisotopic (exact) mass is 1600 g/mol. The van der Waals surface area contributed by atoms with Gasteiger partial charge in [-0.05, 0) is 326 Å². The van der Waals surface area contributed by atoms with Crippen molar-refractivity contribution in [3.8, 4) is 11.1 Å². The average Bonchev–Trinajstić information content (AvgIpc) is 0.727. The minimum absolute atomic E-state index is 0.0447. The molecule has 15 aliphatic carbocycles. The number of allylic oxidation sites excluding steroid dienone is 12. The van der Waals surface area contributed by atoms with Gasteiger partial charge in [-0.25, -0.2) is 17.6 Å². The second-order valence-electron chi connectivity index (χ2n) is 41.2. The molecule has 0 aliphatic heterocycles. The van der Waals surface area contributed by atoms with E-state index < -0.39 is 17.0 Å². The maximum Gasteiger partial charge on any atom is 0.145 e. The molecular formula is C114H158F4. The van der Waals surface area contributed by atoms with Gasteiger partial charge in [-0.3, -0.25) is 0 Å². The lowest BCUT2D eigenvalue weighted by molar-refractivity contribution is -0.101. The molecule has 118 heavy (non-hydrogen) atoms. The molecule has 12 saturated carbocycles. The van der Waals surface area contributed by atoms with Gasteiger partial charge in [-0.2, -0.15) is 0 Å². The quantitative estimate of drug-likeness (QED) is 0.0284. The molecule has 0 amide bonds. The van der Waals surface area contributed by atoms with Crippen LogP contribution in [0, 0.1) is 43.7 Å². The standard InChI is InChI=1S/C30H43F.C29H39F.C28H39F.C27H37F/c1-3-5-7-11-25-13-15-26(16-14-25)27-12-8-10-18-30(27,31)29-22-19-28(20-23-29,21-24-29)17-9-6-4-2;1-3-5-7-10-23-13-14-25(27(30)22-23)24-11-8-9-12-26(24)29-19-16-28(17-20-29,18-21-29)15-6-4-2;1-3-5-6-9-23-11-13-24(14-12-23)25-10-7-8-16-28(25,29)27-20-17-26(15-4-2,18-21-27)19-22-27;1-3-5-6-9-22-11-13-23(14-12-22)24-10-7-8-15-27(24,28)26-19-16-25(4-2,17-20-26)18-21-26/h8,10,12-16,18,27H,3-7,9,11,17,19-24H2,1-2H3;8-9,11-14,22H,3-7,10,15-21H2,1-2H3;7-8,10-14,16,25H,3-6,9,15,17-22H2,1-2H3;7-8,10-15,24H,3-6,9,16-21H2,1-2H3. The topological polar surface area (TPSA) is 0 Å². The smallest absolute Gasteiger partial charge is 0.145 e. The van der Waals surface area contributed by atoms with Crippen molar-refractivity contribution in [3.05, 3.63) is 238 Å². The Kier molecular flexibility index (Phi) is 30.7. The summed E-state index contributed by atoms with van der Waals surface area (Å²) in [4.78, 5) is 0.